The SMILES string of the molecule is Cc1cc(OC(C)C)ncc1-c1ccc(C(=O)NS(=O)(=O)c2cccc(N)n2)c(N2CC(C)CC2(C)C)n1.[HH]. The highest BCUT2D eigenvalue weighted by Gasteiger charge is 2.39. The molecular formula is C27H36N6O4S. The van der Waals surface area contributed by atoms with Crippen molar-refractivity contribution in [3.05, 3.63) is 53.7 Å². The molecule has 0 radical (unpaired) electrons. The Kier molecular flexibility index (Phi) is 7.33. The van der Waals surface area contributed by atoms with Gasteiger partial charge in [-0.25, -0.2) is 19.7 Å². The molecule has 1 aliphatic heterocycles. The van der Waals surface area contributed by atoms with Crippen LogP contribution in [0.3, 0.4) is 0 Å². The number of sulfonamides is 1. The van der Waals surface area contributed by atoms with Gasteiger partial charge in [0, 0.05) is 31.3 Å². The van der Waals surface area contributed by atoms with E-state index in [9.17, 15) is 13.2 Å². The summed E-state index contributed by atoms with van der Waals surface area (Å²) in [5.41, 5.74) is 7.82. The molecule has 1 unspecified atom stereocenters. The van der Waals surface area contributed by atoms with Gasteiger partial charge in [-0.3, -0.25) is 4.79 Å². The third-order valence-corrected chi connectivity index (χ3v) is 7.65. The van der Waals surface area contributed by atoms with E-state index in [0.717, 1.165) is 17.5 Å². The van der Waals surface area contributed by atoms with Crippen molar-refractivity contribution in [2.24, 2.45) is 5.92 Å². The predicted octanol–water partition coefficient (Wildman–Crippen LogP) is 4.21. The molecule has 0 aliphatic carbocycles. The van der Waals surface area contributed by atoms with E-state index in [2.05, 4.69) is 40.4 Å². The van der Waals surface area contributed by atoms with Crippen molar-refractivity contribution in [1.29, 1.82) is 0 Å². The minimum absolute atomic E-state index is 0. The third-order valence-electron chi connectivity index (χ3n) is 6.41. The molecular weight excluding hydrogens is 504 g/mol. The second-order valence-corrected chi connectivity index (χ2v) is 12.3. The summed E-state index contributed by atoms with van der Waals surface area (Å²) in [5.74, 6) is 0.532. The third kappa shape index (κ3) is 5.72. The molecule has 11 heteroatoms. The summed E-state index contributed by atoms with van der Waals surface area (Å²) in [7, 11) is -4.25. The van der Waals surface area contributed by atoms with Gasteiger partial charge in [0.1, 0.15) is 11.6 Å². The molecule has 1 aliphatic rings. The van der Waals surface area contributed by atoms with Gasteiger partial charge >= 0.3 is 0 Å². The lowest BCUT2D eigenvalue weighted by molar-refractivity contribution is 0.0981. The first kappa shape index (κ1) is 27.3. The lowest BCUT2D eigenvalue weighted by atomic mass is 9.97. The number of pyridine rings is 3. The van der Waals surface area contributed by atoms with E-state index < -0.39 is 15.9 Å². The van der Waals surface area contributed by atoms with Crippen LogP contribution < -0.4 is 20.1 Å². The van der Waals surface area contributed by atoms with Gasteiger partial charge in [-0.05, 0) is 76.8 Å². The normalized spacial score (nSPS) is 17.0. The number of carbonyl (C=O) groups excluding carboxylic acids is 1. The Balaban J connectivity index is 0.00000420. The Morgan fingerprint density at radius 2 is 1.97 bits per heavy atom. The smallest absolute Gasteiger partial charge is 0.281 e. The fourth-order valence-corrected chi connectivity index (χ4v) is 5.80. The van der Waals surface area contributed by atoms with Crippen LogP contribution in [0.4, 0.5) is 11.6 Å². The molecule has 0 spiro atoms. The van der Waals surface area contributed by atoms with E-state index >= 15 is 0 Å². The zero-order valence-corrected chi connectivity index (χ0v) is 23.3. The maximum Gasteiger partial charge on any atom is 0.281 e. The maximum atomic E-state index is 13.4. The molecule has 4 heterocycles. The fraction of sp³-hybridized carbons (Fsp3) is 0.407. The van der Waals surface area contributed by atoms with Gasteiger partial charge < -0.3 is 15.4 Å². The van der Waals surface area contributed by atoms with E-state index in [1.807, 2.05) is 26.8 Å². The first-order valence-corrected chi connectivity index (χ1v) is 14.0. The molecule has 204 valence electrons. The molecule has 1 saturated heterocycles. The first-order valence-electron chi connectivity index (χ1n) is 12.5. The maximum absolute atomic E-state index is 13.4. The summed E-state index contributed by atoms with van der Waals surface area (Å²) < 4.78 is 33.7. The van der Waals surface area contributed by atoms with Crippen molar-refractivity contribution in [2.45, 2.75) is 64.6 Å². The Labute approximate surface area is 225 Å². The average Bonchev–Trinajstić information content (AvgIpc) is 3.09. The number of hydrogen-bond acceptors (Lipinski definition) is 9. The van der Waals surface area contributed by atoms with Gasteiger partial charge in [0.15, 0.2) is 5.03 Å². The number of amides is 1. The summed E-state index contributed by atoms with van der Waals surface area (Å²) >= 11 is 0. The number of aromatic nitrogens is 3. The molecule has 1 atom stereocenters. The summed E-state index contributed by atoms with van der Waals surface area (Å²) in [5, 5.41) is -0.336. The molecule has 1 fully saturated rings. The number of rotatable bonds is 7. The Bertz CT molecular complexity index is 1480. The number of ether oxygens (including phenoxy) is 1. The minimum atomic E-state index is -4.25. The highest BCUT2D eigenvalue weighted by atomic mass is 32.2. The zero-order valence-electron chi connectivity index (χ0n) is 22.5. The zero-order chi connectivity index (χ0) is 27.8. The van der Waals surface area contributed by atoms with Gasteiger partial charge in [0.25, 0.3) is 15.9 Å². The number of aryl methyl sites for hydroxylation is 1. The number of anilines is 2. The molecule has 0 bridgehead atoms. The Morgan fingerprint density at radius 1 is 1.24 bits per heavy atom. The number of nitrogens with zero attached hydrogens (tertiary/aromatic N) is 4. The average molecular weight is 541 g/mol. The van der Waals surface area contributed by atoms with Crippen molar-refractivity contribution < 1.29 is 19.4 Å². The second kappa shape index (κ2) is 10.2. The summed E-state index contributed by atoms with van der Waals surface area (Å²) in [4.78, 5) is 28.6. The highest BCUT2D eigenvalue weighted by Crippen LogP contribution is 2.38. The number of carbonyl (C=O) groups is 1. The monoisotopic (exact) mass is 540 g/mol. The van der Waals surface area contributed by atoms with E-state index in [1.165, 1.54) is 18.2 Å². The Hall–Kier alpha value is -3.73. The lowest BCUT2D eigenvalue weighted by Gasteiger charge is -2.34. The number of nitrogen functional groups attached to an aromatic ring is 1. The number of hydrogen-bond donors (Lipinski definition) is 2. The van der Waals surface area contributed by atoms with Crippen LogP contribution >= 0.6 is 0 Å². The van der Waals surface area contributed by atoms with Crippen molar-refractivity contribution in [3.8, 4) is 17.1 Å². The van der Waals surface area contributed by atoms with Gasteiger partial charge in [-0.2, -0.15) is 8.42 Å². The number of nitrogens with one attached hydrogen (secondary N) is 1. The molecule has 0 saturated carbocycles. The topological polar surface area (TPSA) is 140 Å². The van der Waals surface area contributed by atoms with Gasteiger partial charge in [0.2, 0.25) is 5.88 Å². The van der Waals surface area contributed by atoms with Gasteiger partial charge in [-0.15, -0.1) is 0 Å². The molecule has 3 aromatic rings. The minimum Gasteiger partial charge on any atom is -0.475 e. The molecule has 3 N–H and O–H groups in total. The highest BCUT2D eigenvalue weighted by molar-refractivity contribution is 7.90. The number of nitrogens with two attached hydrogens (primary N) is 1. The molecule has 10 nitrogen and oxygen atoms in total. The quantitative estimate of drug-likeness (QED) is 0.451. The standard InChI is InChI=1S/C27H34N6O4S.H2/c1-16(2)37-23-12-18(4)20(14-29-23)21-11-10-19(25(30-21)33-15-17(3)13-27(33,5)6)26(34)32-38(35,36)24-9-7-8-22(28)31-24;/h7-12,14,16-17H,13,15H2,1-6H3,(H2,28,31)(H,32,34);1H. The van der Waals surface area contributed by atoms with Gasteiger partial charge in [0.05, 0.1) is 17.4 Å². The lowest BCUT2D eigenvalue weighted by Crippen LogP contribution is -2.41. The molecule has 0 aromatic carbocycles. The van der Waals surface area contributed by atoms with Crippen LogP contribution in [0.25, 0.3) is 11.3 Å². The summed E-state index contributed by atoms with van der Waals surface area (Å²) in [6.45, 7) is 12.8. The molecule has 3 aromatic heterocycles. The largest absolute Gasteiger partial charge is 0.475 e. The predicted molar refractivity (Wildman–Crippen MR) is 149 cm³/mol. The van der Waals surface area contributed by atoms with Crippen LogP contribution in [0.1, 0.15) is 58.4 Å². The second-order valence-electron chi connectivity index (χ2n) is 10.6. The van der Waals surface area contributed by atoms with E-state index in [0.29, 0.717) is 29.9 Å². The van der Waals surface area contributed by atoms with Crippen LogP contribution in [-0.2, 0) is 10.0 Å². The van der Waals surface area contributed by atoms with E-state index in [1.54, 1.807) is 18.3 Å². The van der Waals surface area contributed by atoms with Crippen LogP contribution in [0.2, 0.25) is 0 Å². The van der Waals surface area contributed by atoms with Crippen molar-refractivity contribution in [1.82, 2.24) is 19.7 Å². The molecule has 38 heavy (non-hydrogen) atoms. The Morgan fingerprint density at radius 3 is 2.58 bits per heavy atom. The van der Waals surface area contributed by atoms with Crippen LogP contribution in [0.15, 0.2) is 47.6 Å². The molecule has 4 rings (SSSR count). The van der Waals surface area contributed by atoms with Gasteiger partial charge in [-0.1, -0.05) is 13.0 Å². The van der Waals surface area contributed by atoms with E-state index in [-0.39, 0.29) is 29.5 Å². The molecule has 1 amide bonds. The fourth-order valence-electron chi connectivity index (χ4n) is 4.85. The van der Waals surface area contributed by atoms with E-state index in [4.69, 9.17) is 15.5 Å². The van der Waals surface area contributed by atoms with Crippen molar-refractivity contribution >= 4 is 27.6 Å². The summed E-state index contributed by atoms with van der Waals surface area (Å²) in [6.07, 6.45) is 2.59. The summed E-state index contributed by atoms with van der Waals surface area (Å²) in [6, 6.07) is 9.36. The van der Waals surface area contributed by atoms with Crippen LogP contribution in [-0.4, -0.2) is 47.5 Å². The first-order chi connectivity index (χ1) is 17.8. The van der Waals surface area contributed by atoms with Crippen molar-refractivity contribution in [2.75, 3.05) is 17.2 Å². The van der Waals surface area contributed by atoms with Crippen LogP contribution in [0, 0.1) is 12.8 Å². The van der Waals surface area contributed by atoms with Crippen LogP contribution in [0.5, 0.6) is 5.88 Å². The van der Waals surface area contributed by atoms with Crippen molar-refractivity contribution in [3.63, 3.8) is 0 Å².